The quantitative estimate of drug-likeness (QED) is 0.373. The minimum Gasteiger partial charge on any atom is -0.894 e. The molecule has 0 amide bonds. The van der Waals surface area contributed by atoms with Gasteiger partial charge in [0.15, 0.2) is 0 Å². The van der Waals surface area contributed by atoms with Crippen molar-refractivity contribution in [3.8, 4) is 0 Å². The van der Waals surface area contributed by atoms with E-state index in [1.807, 2.05) is 0 Å². The van der Waals surface area contributed by atoms with Crippen LogP contribution in [0.15, 0.2) is 0 Å². The van der Waals surface area contributed by atoms with E-state index in [0.29, 0.717) is 0 Å². The van der Waals surface area contributed by atoms with E-state index in [-0.39, 0.29) is 23.9 Å². The predicted octanol–water partition coefficient (Wildman–Crippen LogP) is -5.52. The molecule has 0 heterocycles. The van der Waals surface area contributed by atoms with Crippen molar-refractivity contribution in [1.82, 2.24) is 0 Å². The summed E-state index contributed by atoms with van der Waals surface area (Å²) in [6.07, 6.45) is 0. The molecule has 0 rings (SSSR count). The standard InChI is InChI=1S/O4Si.Sn/c1-5(2,3)4;/q-4;+4. The van der Waals surface area contributed by atoms with Gasteiger partial charge in [-0.3, -0.25) is 0 Å². The van der Waals surface area contributed by atoms with Gasteiger partial charge in [0.1, 0.15) is 0 Å². The Bertz CT molecular complexity index is 23.0. The van der Waals surface area contributed by atoms with Gasteiger partial charge in [-0.25, -0.2) is 0 Å². The summed E-state index contributed by atoms with van der Waals surface area (Å²) >= 11 is 0. The molecule has 0 atom stereocenters. The first kappa shape index (κ1) is 9.97. The molecular formula is O4SiSn. The van der Waals surface area contributed by atoms with Crippen molar-refractivity contribution in [1.29, 1.82) is 0 Å². The summed E-state index contributed by atoms with van der Waals surface area (Å²) in [4.78, 5) is 34.3. The van der Waals surface area contributed by atoms with E-state index in [1.165, 1.54) is 0 Å². The average Bonchev–Trinajstić information content (AvgIpc) is 0.722. The zero-order valence-electron chi connectivity index (χ0n) is 2.63. The molecule has 0 unspecified atom stereocenters. The zero-order chi connectivity index (χ0) is 4.50. The van der Waals surface area contributed by atoms with Crippen LogP contribution in [0.4, 0.5) is 0 Å². The third kappa shape index (κ3) is 98.6. The Kier molecular flexibility index (Phi) is 4.88. The molecule has 32 valence electrons. The maximum absolute atomic E-state index is 8.58. The summed E-state index contributed by atoms with van der Waals surface area (Å²) in [5, 5.41) is 0. The molecule has 0 aliphatic carbocycles. The van der Waals surface area contributed by atoms with Crippen molar-refractivity contribution in [2.75, 3.05) is 0 Å². The van der Waals surface area contributed by atoms with Crippen LogP contribution in [-0.2, 0) is 0 Å². The van der Waals surface area contributed by atoms with Gasteiger partial charge in [0.2, 0.25) is 0 Å². The van der Waals surface area contributed by atoms with Crippen LogP contribution >= 0.6 is 0 Å². The molecule has 0 radical (unpaired) electrons. The van der Waals surface area contributed by atoms with Crippen LogP contribution in [0.3, 0.4) is 0 Å². The molecule has 0 aliphatic rings. The number of rotatable bonds is 0. The van der Waals surface area contributed by atoms with Gasteiger partial charge in [0.05, 0.1) is 0 Å². The van der Waals surface area contributed by atoms with E-state index in [2.05, 4.69) is 0 Å². The van der Waals surface area contributed by atoms with Gasteiger partial charge in [-0.2, -0.15) is 0 Å². The van der Waals surface area contributed by atoms with E-state index < -0.39 is 9.05 Å². The van der Waals surface area contributed by atoms with Gasteiger partial charge in [-0.1, -0.05) is 0 Å². The van der Waals surface area contributed by atoms with Crippen LogP contribution in [-0.4, -0.2) is 33.0 Å². The molecule has 0 aromatic carbocycles. The van der Waals surface area contributed by atoms with Crippen molar-refractivity contribution < 1.29 is 19.2 Å². The van der Waals surface area contributed by atoms with Crippen LogP contribution in [0, 0.1) is 0 Å². The first-order valence-corrected chi connectivity index (χ1v) is 2.45. The van der Waals surface area contributed by atoms with Gasteiger partial charge in [0.25, 0.3) is 0 Å². The Morgan fingerprint density at radius 1 is 0.833 bits per heavy atom. The summed E-state index contributed by atoms with van der Waals surface area (Å²) in [5.74, 6) is 0. The predicted molar refractivity (Wildman–Crippen MR) is 11.5 cm³/mol. The van der Waals surface area contributed by atoms with Crippen molar-refractivity contribution in [2.24, 2.45) is 0 Å². The molecule has 0 spiro atoms. The average molecular weight is 211 g/mol. The minimum absolute atomic E-state index is 0. The topological polar surface area (TPSA) is 92.2 Å². The smallest absolute Gasteiger partial charge is 0.894 e. The molecule has 0 saturated carbocycles. The van der Waals surface area contributed by atoms with Crippen LogP contribution in [0.2, 0.25) is 0 Å². The number of hydrogen-bond donors (Lipinski definition) is 0. The van der Waals surface area contributed by atoms with Crippen LogP contribution in [0.25, 0.3) is 0 Å². The molecule has 0 N–H and O–H groups in total. The molecule has 0 aromatic heterocycles. The van der Waals surface area contributed by atoms with Crippen molar-refractivity contribution >= 4 is 33.0 Å². The van der Waals surface area contributed by atoms with Crippen molar-refractivity contribution in [3.63, 3.8) is 0 Å². The molecule has 0 aliphatic heterocycles. The summed E-state index contributed by atoms with van der Waals surface area (Å²) < 4.78 is 0. The Morgan fingerprint density at radius 2 is 0.833 bits per heavy atom. The van der Waals surface area contributed by atoms with Crippen LogP contribution < -0.4 is 19.2 Å². The molecule has 6 heavy (non-hydrogen) atoms. The molecular weight excluding hydrogens is 211 g/mol. The monoisotopic (exact) mass is 212 g/mol. The largest absolute Gasteiger partial charge is 4.00 e. The Balaban J connectivity index is 0. The Hall–Kier alpha value is 0.856. The number of hydrogen-bond acceptors (Lipinski definition) is 4. The molecule has 0 aromatic rings. The Morgan fingerprint density at radius 3 is 0.833 bits per heavy atom. The Labute approximate surface area is 52.5 Å². The summed E-state index contributed by atoms with van der Waals surface area (Å²) in [5.41, 5.74) is 0. The fraction of sp³-hybridized carbons (Fsp3) is 0. The molecule has 6 heteroatoms. The molecule has 0 fully saturated rings. The summed E-state index contributed by atoms with van der Waals surface area (Å²) in [6, 6.07) is 0. The second-order valence-corrected chi connectivity index (χ2v) is 1.50. The van der Waals surface area contributed by atoms with E-state index in [0.717, 1.165) is 0 Å². The second kappa shape index (κ2) is 2.94. The third-order valence-corrected chi connectivity index (χ3v) is 0. The van der Waals surface area contributed by atoms with Crippen LogP contribution in [0.1, 0.15) is 0 Å². The fourth-order valence-corrected chi connectivity index (χ4v) is 0. The van der Waals surface area contributed by atoms with E-state index in [9.17, 15) is 0 Å². The van der Waals surface area contributed by atoms with Gasteiger partial charge in [-0.15, -0.1) is 0 Å². The van der Waals surface area contributed by atoms with Gasteiger partial charge >= 0.3 is 23.9 Å². The summed E-state index contributed by atoms with van der Waals surface area (Å²) in [6.45, 7) is 0. The first-order valence-electron chi connectivity index (χ1n) is 0.816. The van der Waals surface area contributed by atoms with E-state index >= 15 is 0 Å². The van der Waals surface area contributed by atoms with Gasteiger partial charge < -0.3 is 28.2 Å². The SMILES string of the molecule is [O-][Si]([O-])([O-])[O-].[Sn+4]. The zero-order valence-corrected chi connectivity index (χ0v) is 6.49. The van der Waals surface area contributed by atoms with Crippen molar-refractivity contribution in [3.05, 3.63) is 0 Å². The third-order valence-electron chi connectivity index (χ3n) is 0. The first-order chi connectivity index (χ1) is 2.00. The minimum atomic E-state index is -5.61. The second-order valence-electron chi connectivity index (χ2n) is 0.500. The van der Waals surface area contributed by atoms with Gasteiger partial charge in [0, 0.05) is 0 Å². The fourth-order valence-electron chi connectivity index (χ4n) is 0. The van der Waals surface area contributed by atoms with Crippen LogP contribution in [0.5, 0.6) is 0 Å². The molecule has 0 saturated heterocycles. The molecule has 4 nitrogen and oxygen atoms in total. The van der Waals surface area contributed by atoms with Gasteiger partial charge in [-0.05, 0) is 0 Å². The van der Waals surface area contributed by atoms with Crippen molar-refractivity contribution in [2.45, 2.75) is 0 Å². The molecule has 0 bridgehead atoms. The van der Waals surface area contributed by atoms with E-state index in [1.54, 1.807) is 0 Å². The summed E-state index contributed by atoms with van der Waals surface area (Å²) in [7, 11) is -5.61. The maximum Gasteiger partial charge on any atom is 4.00 e. The normalized spacial score (nSPS) is 10.0. The van der Waals surface area contributed by atoms with E-state index in [4.69, 9.17) is 19.2 Å². The maximum atomic E-state index is 8.58.